The molecule has 2 N–H and O–H groups in total. The van der Waals surface area contributed by atoms with Gasteiger partial charge in [0.25, 0.3) is 5.56 Å². The van der Waals surface area contributed by atoms with Crippen molar-refractivity contribution in [2.45, 2.75) is 43.1 Å². The molecule has 0 atom stereocenters. The quantitative estimate of drug-likeness (QED) is 0.379. The lowest BCUT2D eigenvalue weighted by molar-refractivity contribution is 0.1000. The summed E-state index contributed by atoms with van der Waals surface area (Å²) in [6.07, 6.45) is 6.04. The maximum absolute atomic E-state index is 13.2. The lowest BCUT2D eigenvalue weighted by atomic mass is 9.97. The Hall–Kier alpha value is -2.38. The van der Waals surface area contributed by atoms with Crippen molar-refractivity contribution in [3.63, 3.8) is 0 Å². The lowest BCUT2D eigenvalue weighted by Gasteiger charge is -2.12. The number of amides is 1. The molecular weight excluding hydrogens is 390 g/mol. The third-order valence-corrected chi connectivity index (χ3v) is 7.16. The van der Waals surface area contributed by atoms with Gasteiger partial charge in [-0.05, 0) is 48.9 Å². The van der Waals surface area contributed by atoms with E-state index in [1.807, 2.05) is 12.1 Å². The Morgan fingerprint density at radius 1 is 1.36 bits per heavy atom. The molecule has 28 heavy (non-hydrogen) atoms. The topological polar surface area (TPSA) is 78.0 Å². The molecule has 4 rings (SSSR count). The average Bonchev–Trinajstić information content (AvgIpc) is 3.07. The van der Waals surface area contributed by atoms with Gasteiger partial charge in [0.2, 0.25) is 5.91 Å². The van der Waals surface area contributed by atoms with Crippen LogP contribution in [0.1, 0.15) is 39.2 Å². The Labute approximate surface area is 171 Å². The van der Waals surface area contributed by atoms with E-state index in [1.54, 1.807) is 34.1 Å². The van der Waals surface area contributed by atoms with Crippen LogP contribution >= 0.6 is 23.1 Å². The van der Waals surface area contributed by atoms with Crippen molar-refractivity contribution in [3.8, 4) is 0 Å². The summed E-state index contributed by atoms with van der Waals surface area (Å²) in [5, 5.41) is 1.47. The Morgan fingerprint density at radius 3 is 2.96 bits per heavy atom. The van der Waals surface area contributed by atoms with Crippen LogP contribution in [0.5, 0.6) is 0 Å². The zero-order chi connectivity index (χ0) is 19.7. The SMILES string of the molecule is C=CCn1c(SCc2cccc(C(N)=O)c2)nc2sc3c(c2c1=O)CCCC3. The fraction of sp³-hybridized carbons (Fsp3) is 0.286. The summed E-state index contributed by atoms with van der Waals surface area (Å²) in [4.78, 5) is 31.6. The van der Waals surface area contributed by atoms with Gasteiger partial charge in [-0.2, -0.15) is 0 Å². The molecule has 2 heterocycles. The number of nitrogens with two attached hydrogens (primary N) is 1. The van der Waals surface area contributed by atoms with Crippen molar-refractivity contribution in [3.05, 3.63) is 68.8 Å². The van der Waals surface area contributed by atoms with E-state index < -0.39 is 5.91 Å². The van der Waals surface area contributed by atoms with Crippen LogP contribution in [0.25, 0.3) is 10.2 Å². The highest BCUT2D eigenvalue weighted by atomic mass is 32.2. The second kappa shape index (κ2) is 7.93. The van der Waals surface area contributed by atoms with Crippen LogP contribution in [0.3, 0.4) is 0 Å². The van der Waals surface area contributed by atoms with E-state index in [1.165, 1.54) is 28.6 Å². The van der Waals surface area contributed by atoms with Crippen LogP contribution in [0, 0.1) is 0 Å². The van der Waals surface area contributed by atoms with Gasteiger partial charge in [0.1, 0.15) is 4.83 Å². The third kappa shape index (κ3) is 3.52. The Balaban J connectivity index is 1.72. The number of primary amides is 1. The van der Waals surface area contributed by atoms with E-state index in [-0.39, 0.29) is 5.56 Å². The van der Waals surface area contributed by atoms with Crippen LogP contribution in [-0.2, 0) is 25.1 Å². The molecule has 5 nitrogen and oxygen atoms in total. The van der Waals surface area contributed by atoms with Crippen molar-refractivity contribution in [2.24, 2.45) is 5.73 Å². The Bertz CT molecular complexity index is 1130. The molecule has 0 saturated heterocycles. The smallest absolute Gasteiger partial charge is 0.263 e. The minimum atomic E-state index is -0.445. The number of hydrogen-bond acceptors (Lipinski definition) is 5. The number of benzene rings is 1. The number of fused-ring (bicyclic) bond motifs is 3. The zero-order valence-corrected chi connectivity index (χ0v) is 17.1. The minimum absolute atomic E-state index is 0.0256. The number of thiophene rings is 1. The van der Waals surface area contributed by atoms with Gasteiger partial charge in [-0.15, -0.1) is 17.9 Å². The summed E-state index contributed by atoms with van der Waals surface area (Å²) in [7, 11) is 0. The lowest BCUT2D eigenvalue weighted by Crippen LogP contribution is -2.23. The fourth-order valence-electron chi connectivity index (χ4n) is 3.58. The summed E-state index contributed by atoms with van der Waals surface area (Å²) in [6, 6.07) is 7.24. The predicted octanol–water partition coefficient (Wildman–Crippen LogP) is 3.91. The van der Waals surface area contributed by atoms with Gasteiger partial charge < -0.3 is 5.73 Å². The molecular formula is C21H21N3O2S2. The molecule has 0 saturated carbocycles. The number of carbonyl (C=O) groups excluding carboxylic acids is 1. The zero-order valence-electron chi connectivity index (χ0n) is 15.4. The van der Waals surface area contributed by atoms with E-state index in [2.05, 4.69) is 6.58 Å². The molecule has 1 aliphatic carbocycles. The third-order valence-electron chi connectivity index (χ3n) is 4.93. The van der Waals surface area contributed by atoms with Gasteiger partial charge in [-0.3, -0.25) is 14.2 Å². The minimum Gasteiger partial charge on any atom is -0.366 e. The maximum Gasteiger partial charge on any atom is 0.263 e. The van der Waals surface area contributed by atoms with E-state index in [4.69, 9.17) is 10.7 Å². The molecule has 0 unspecified atom stereocenters. The number of carbonyl (C=O) groups is 1. The molecule has 3 aromatic rings. The first kappa shape index (κ1) is 19.0. The monoisotopic (exact) mass is 411 g/mol. The second-order valence-electron chi connectivity index (χ2n) is 6.84. The van der Waals surface area contributed by atoms with Crippen molar-refractivity contribution in [1.82, 2.24) is 9.55 Å². The van der Waals surface area contributed by atoms with Gasteiger partial charge in [0.05, 0.1) is 5.39 Å². The number of nitrogens with zero attached hydrogens (tertiary/aromatic N) is 2. The first-order chi connectivity index (χ1) is 13.6. The van der Waals surface area contributed by atoms with E-state index in [0.717, 1.165) is 35.0 Å². The van der Waals surface area contributed by atoms with Crippen LogP contribution in [-0.4, -0.2) is 15.5 Å². The highest BCUT2D eigenvalue weighted by molar-refractivity contribution is 7.98. The molecule has 1 aromatic carbocycles. The normalized spacial score (nSPS) is 13.4. The average molecular weight is 412 g/mol. The molecule has 0 aliphatic heterocycles. The summed E-state index contributed by atoms with van der Waals surface area (Å²) in [5.41, 5.74) is 8.04. The number of thioether (sulfide) groups is 1. The maximum atomic E-state index is 13.2. The van der Waals surface area contributed by atoms with Gasteiger partial charge in [0, 0.05) is 22.7 Å². The molecule has 0 fully saturated rings. The molecule has 2 aromatic heterocycles. The van der Waals surface area contributed by atoms with Crippen LogP contribution in [0.2, 0.25) is 0 Å². The van der Waals surface area contributed by atoms with Gasteiger partial charge in [0.15, 0.2) is 5.16 Å². The summed E-state index contributed by atoms with van der Waals surface area (Å²) < 4.78 is 1.71. The number of rotatable bonds is 6. The number of aromatic nitrogens is 2. The van der Waals surface area contributed by atoms with E-state index in [0.29, 0.717) is 23.0 Å². The molecule has 7 heteroatoms. The summed E-state index contributed by atoms with van der Waals surface area (Å²) >= 11 is 3.15. The molecule has 0 bridgehead atoms. The molecule has 0 radical (unpaired) electrons. The Kier molecular flexibility index (Phi) is 5.37. The molecule has 144 valence electrons. The van der Waals surface area contributed by atoms with Crippen LogP contribution in [0.4, 0.5) is 0 Å². The fourth-order valence-corrected chi connectivity index (χ4v) is 5.84. The first-order valence-corrected chi connectivity index (χ1v) is 11.1. The molecule has 1 amide bonds. The van der Waals surface area contributed by atoms with Gasteiger partial charge in [-0.1, -0.05) is 30.0 Å². The van der Waals surface area contributed by atoms with Crippen LogP contribution < -0.4 is 11.3 Å². The molecule has 1 aliphatic rings. The van der Waals surface area contributed by atoms with Crippen molar-refractivity contribution < 1.29 is 4.79 Å². The summed E-state index contributed by atoms with van der Waals surface area (Å²) in [6.45, 7) is 4.22. The van der Waals surface area contributed by atoms with Gasteiger partial charge in [-0.25, -0.2) is 4.98 Å². The van der Waals surface area contributed by atoms with E-state index in [9.17, 15) is 9.59 Å². The first-order valence-electron chi connectivity index (χ1n) is 9.26. The number of allylic oxidation sites excluding steroid dienone is 1. The molecule has 0 spiro atoms. The van der Waals surface area contributed by atoms with Crippen molar-refractivity contribution >= 4 is 39.2 Å². The van der Waals surface area contributed by atoms with Gasteiger partial charge >= 0.3 is 0 Å². The predicted molar refractivity (Wildman–Crippen MR) is 115 cm³/mol. The Morgan fingerprint density at radius 2 is 2.18 bits per heavy atom. The number of hydrogen-bond donors (Lipinski definition) is 1. The summed E-state index contributed by atoms with van der Waals surface area (Å²) in [5.74, 6) is 0.153. The standard InChI is InChI=1S/C21H21N3O2S2/c1-2-10-24-20(26)17-15-8-3-4-9-16(15)28-19(17)23-21(24)27-12-13-6-5-7-14(11-13)18(22)25/h2,5-7,11H,1,3-4,8-10,12H2,(H2,22,25). The van der Waals surface area contributed by atoms with E-state index >= 15 is 0 Å². The second-order valence-corrected chi connectivity index (χ2v) is 8.87. The highest BCUT2D eigenvalue weighted by Crippen LogP contribution is 2.35. The van der Waals surface area contributed by atoms with Crippen molar-refractivity contribution in [2.75, 3.05) is 0 Å². The van der Waals surface area contributed by atoms with Crippen LogP contribution in [0.15, 0.2) is 46.9 Å². The number of aryl methyl sites for hydroxylation is 2. The highest BCUT2D eigenvalue weighted by Gasteiger charge is 2.22. The van der Waals surface area contributed by atoms with Crippen molar-refractivity contribution in [1.29, 1.82) is 0 Å². The largest absolute Gasteiger partial charge is 0.366 e.